The molecule has 1 aromatic rings. The molecule has 0 aliphatic heterocycles. The number of thioether (sulfide) groups is 1. The van der Waals surface area contributed by atoms with E-state index >= 15 is 0 Å². The lowest BCUT2D eigenvalue weighted by atomic mass is 10.3. The van der Waals surface area contributed by atoms with Gasteiger partial charge in [-0.1, -0.05) is 0 Å². The van der Waals surface area contributed by atoms with E-state index in [0.717, 1.165) is 11.4 Å². The first-order valence-electron chi connectivity index (χ1n) is 5.58. The maximum atomic E-state index is 11.9. The maximum Gasteiger partial charge on any atom is 0.441 e. The summed E-state index contributed by atoms with van der Waals surface area (Å²) in [5, 5.41) is 2.92. The predicted molar refractivity (Wildman–Crippen MR) is 69.2 cm³/mol. The van der Waals surface area contributed by atoms with Crippen molar-refractivity contribution >= 4 is 17.4 Å². The fourth-order valence-electron chi connectivity index (χ4n) is 1.29. The highest BCUT2D eigenvalue weighted by atomic mass is 32.2. The molecule has 102 valence electrons. The molecule has 0 fully saturated rings. The van der Waals surface area contributed by atoms with E-state index in [2.05, 4.69) is 5.32 Å². The van der Waals surface area contributed by atoms with E-state index in [1.807, 2.05) is 13.8 Å². The Hall–Kier alpha value is -1.04. The van der Waals surface area contributed by atoms with Crippen LogP contribution in [-0.2, 0) is 0 Å². The van der Waals surface area contributed by atoms with Crippen molar-refractivity contribution in [3.63, 3.8) is 0 Å². The Bertz CT molecular complexity index is 351. The van der Waals surface area contributed by atoms with E-state index < -0.39 is 5.51 Å². The lowest BCUT2D eigenvalue weighted by molar-refractivity contribution is -0.0327. The molecule has 0 heterocycles. The molecular weight excluding hydrogens is 263 g/mol. The standard InChI is InChI=1S/C12H16F3NOS/c1-9(2)17-11-5-3-10(4-6-11)16-7-8-18-12(13,14)15/h3-6,9,16H,7-8H2,1-2H3. The molecule has 0 saturated carbocycles. The molecule has 1 N–H and O–H groups in total. The van der Waals surface area contributed by atoms with Gasteiger partial charge in [-0.3, -0.25) is 0 Å². The Morgan fingerprint density at radius 1 is 1.22 bits per heavy atom. The highest BCUT2D eigenvalue weighted by molar-refractivity contribution is 8.00. The molecule has 0 aliphatic rings. The number of hydrogen-bond acceptors (Lipinski definition) is 3. The fraction of sp³-hybridized carbons (Fsp3) is 0.500. The molecule has 0 spiro atoms. The number of hydrogen-bond donors (Lipinski definition) is 1. The van der Waals surface area contributed by atoms with Crippen LogP contribution < -0.4 is 10.1 Å². The fourth-order valence-corrected chi connectivity index (χ4v) is 1.72. The third-order valence-corrected chi connectivity index (χ3v) is 2.66. The Kier molecular flexibility index (Phi) is 5.65. The molecule has 0 bridgehead atoms. The van der Waals surface area contributed by atoms with E-state index in [1.165, 1.54) is 0 Å². The third-order valence-electron chi connectivity index (χ3n) is 1.92. The Morgan fingerprint density at radius 2 is 1.83 bits per heavy atom. The van der Waals surface area contributed by atoms with Crippen molar-refractivity contribution in [2.45, 2.75) is 25.5 Å². The van der Waals surface area contributed by atoms with Gasteiger partial charge >= 0.3 is 5.51 Å². The van der Waals surface area contributed by atoms with Crippen LogP contribution >= 0.6 is 11.8 Å². The van der Waals surface area contributed by atoms with Crippen LogP contribution in [0.2, 0.25) is 0 Å². The van der Waals surface area contributed by atoms with Crippen molar-refractivity contribution in [1.29, 1.82) is 0 Å². The Morgan fingerprint density at radius 3 is 2.33 bits per heavy atom. The van der Waals surface area contributed by atoms with Crippen LogP contribution in [0.5, 0.6) is 5.75 Å². The summed E-state index contributed by atoms with van der Waals surface area (Å²) in [6, 6.07) is 7.16. The van der Waals surface area contributed by atoms with Gasteiger partial charge in [0.25, 0.3) is 0 Å². The summed E-state index contributed by atoms with van der Waals surface area (Å²) in [6.45, 7) is 4.13. The summed E-state index contributed by atoms with van der Waals surface area (Å²) in [6.07, 6.45) is 0.104. The van der Waals surface area contributed by atoms with E-state index in [0.29, 0.717) is 0 Å². The van der Waals surface area contributed by atoms with Crippen molar-refractivity contribution < 1.29 is 17.9 Å². The van der Waals surface area contributed by atoms with Crippen LogP contribution in [0.1, 0.15) is 13.8 Å². The molecule has 0 atom stereocenters. The molecular formula is C12H16F3NOS. The lowest BCUT2D eigenvalue weighted by Crippen LogP contribution is -2.09. The van der Waals surface area contributed by atoms with E-state index in [1.54, 1.807) is 24.3 Å². The van der Waals surface area contributed by atoms with Crippen LogP contribution in [0.15, 0.2) is 24.3 Å². The number of ether oxygens (including phenoxy) is 1. The second kappa shape index (κ2) is 6.78. The SMILES string of the molecule is CC(C)Oc1ccc(NCCSC(F)(F)F)cc1. The average Bonchev–Trinajstić information content (AvgIpc) is 2.24. The highest BCUT2D eigenvalue weighted by Gasteiger charge is 2.27. The molecule has 0 aromatic heterocycles. The highest BCUT2D eigenvalue weighted by Crippen LogP contribution is 2.29. The minimum absolute atomic E-state index is 0.00620. The summed E-state index contributed by atoms with van der Waals surface area (Å²) < 4.78 is 41.1. The van der Waals surface area contributed by atoms with Gasteiger partial charge in [0.15, 0.2) is 0 Å². The van der Waals surface area contributed by atoms with Gasteiger partial charge in [-0.15, -0.1) is 0 Å². The van der Waals surface area contributed by atoms with Gasteiger partial charge in [-0.25, -0.2) is 0 Å². The molecule has 0 saturated heterocycles. The number of halogens is 3. The zero-order valence-corrected chi connectivity index (χ0v) is 11.1. The first-order valence-corrected chi connectivity index (χ1v) is 6.56. The Balaban J connectivity index is 2.31. The van der Waals surface area contributed by atoms with Gasteiger partial charge in [0.05, 0.1) is 6.10 Å². The van der Waals surface area contributed by atoms with Gasteiger partial charge in [0.2, 0.25) is 0 Å². The number of alkyl halides is 3. The largest absolute Gasteiger partial charge is 0.491 e. The van der Waals surface area contributed by atoms with E-state index in [-0.39, 0.29) is 30.2 Å². The first kappa shape index (κ1) is 15.0. The zero-order valence-electron chi connectivity index (χ0n) is 10.3. The van der Waals surface area contributed by atoms with Gasteiger partial charge < -0.3 is 10.1 Å². The number of benzene rings is 1. The normalized spacial score (nSPS) is 11.7. The van der Waals surface area contributed by atoms with Crippen LogP contribution in [0, 0.1) is 0 Å². The minimum atomic E-state index is -4.16. The van der Waals surface area contributed by atoms with Crippen LogP contribution in [0.3, 0.4) is 0 Å². The smallest absolute Gasteiger partial charge is 0.441 e. The third kappa shape index (κ3) is 6.64. The molecule has 0 unspecified atom stereocenters. The monoisotopic (exact) mass is 279 g/mol. The second-order valence-electron chi connectivity index (χ2n) is 3.91. The predicted octanol–water partition coefficient (Wildman–Crippen LogP) is 4.14. The summed E-state index contributed by atoms with van der Waals surface area (Å²) in [5.41, 5.74) is -3.37. The van der Waals surface area contributed by atoms with Crippen molar-refractivity contribution in [1.82, 2.24) is 0 Å². The topological polar surface area (TPSA) is 21.3 Å². The van der Waals surface area contributed by atoms with E-state index in [9.17, 15) is 13.2 Å². The zero-order chi connectivity index (χ0) is 13.6. The molecule has 0 amide bonds. The van der Waals surface area contributed by atoms with Gasteiger partial charge in [-0.05, 0) is 49.9 Å². The Labute approximate surface area is 109 Å². The number of anilines is 1. The van der Waals surface area contributed by atoms with Crippen LogP contribution in [-0.4, -0.2) is 23.9 Å². The molecule has 18 heavy (non-hydrogen) atoms. The van der Waals surface area contributed by atoms with Gasteiger partial charge in [0.1, 0.15) is 5.75 Å². The molecule has 0 aliphatic carbocycles. The molecule has 1 aromatic carbocycles. The summed E-state index contributed by atoms with van der Waals surface area (Å²) in [4.78, 5) is 0. The molecule has 1 rings (SSSR count). The van der Waals surface area contributed by atoms with Gasteiger partial charge in [0, 0.05) is 18.0 Å². The van der Waals surface area contributed by atoms with E-state index in [4.69, 9.17) is 4.74 Å². The number of nitrogens with one attached hydrogen (secondary N) is 1. The summed E-state index contributed by atoms with van der Waals surface area (Å²) in [7, 11) is 0. The second-order valence-corrected chi connectivity index (χ2v) is 5.07. The van der Waals surface area contributed by atoms with Crippen molar-refractivity contribution in [2.24, 2.45) is 0 Å². The minimum Gasteiger partial charge on any atom is -0.491 e. The van der Waals surface area contributed by atoms with Gasteiger partial charge in [-0.2, -0.15) is 13.2 Å². The summed E-state index contributed by atoms with van der Waals surface area (Å²) >= 11 is -0.0228. The quantitative estimate of drug-likeness (QED) is 0.791. The molecule has 2 nitrogen and oxygen atoms in total. The van der Waals surface area contributed by atoms with Crippen molar-refractivity contribution in [3.8, 4) is 5.75 Å². The summed E-state index contributed by atoms with van der Waals surface area (Å²) in [5.74, 6) is 0.744. The van der Waals surface area contributed by atoms with Crippen LogP contribution in [0.25, 0.3) is 0 Å². The number of rotatable bonds is 6. The average molecular weight is 279 g/mol. The maximum absolute atomic E-state index is 11.9. The first-order chi connectivity index (χ1) is 8.37. The van der Waals surface area contributed by atoms with Crippen molar-refractivity contribution in [3.05, 3.63) is 24.3 Å². The van der Waals surface area contributed by atoms with Crippen LogP contribution in [0.4, 0.5) is 18.9 Å². The van der Waals surface area contributed by atoms with Crippen molar-refractivity contribution in [2.75, 3.05) is 17.6 Å². The molecule has 0 radical (unpaired) electrons. The molecule has 6 heteroatoms. The lowest BCUT2D eigenvalue weighted by Gasteiger charge is -2.11.